The van der Waals surface area contributed by atoms with Crippen molar-refractivity contribution in [2.24, 2.45) is 4.99 Å². The van der Waals surface area contributed by atoms with Gasteiger partial charge < -0.3 is 9.47 Å². The molecule has 1 aliphatic carbocycles. The van der Waals surface area contributed by atoms with Crippen LogP contribution in [-0.4, -0.2) is 11.7 Å². The third-order valence-corrected chi connectivity index (χ3v) is 10.3. The molecule has 5 aromatic carbocycles. The zero-order valence-corrected chi connectivity index (χ0v) is 27.5. The molecule has 5 nitrogen and oxygen atoms in total. The summed E-state index contributed by atoms with van der Waals surface area (Å²) < 4.78 is 15.8. The normalized spacial score (nSPS) is 15.6. The number of benzene rings is 5. The lowest BCUT2D eigenvalue weighted by Gasteiger charge is -2.31. The Morgan fingerprint density at radius 3 is 2.54 bits per heavy atom. The van der Waals surface area contributed by atoms with Crippen LogP contribution < -0.4 is 24.4 Å². The van der Waals surface area contributed by atoms with Crippen LogP contribution in [0.25, 0.3) is 22.5 Å². The van der Waals surface area contributed by atoms with E-state index in [-0.39, 0.29) is 11.6 Å². The van der Waals surface area contributed by atoms with Crippen LogP contribution in [0.15, 0.2) is 129 Å². The average molecular weight is 686 g/mol. The number of para-hydroxylation sites is 1. The minimum absolute atomic E-state index is 0.0724. The Kier molecular flexibility index (Phi) is 7.43. The molecular formula is C39H29BrN2O3S. The minimum Gasteiger partial charge on any atom is -0.496 e. The van der Waals surface area contributed by atoms with Crippen LogP contribution in [0.4, 0.5) is 0 Å². The van der Waals surface area contributed by atoms with Gasteiger partial charge in [0.25, 0.3) is 5.56 Å². The van der Waals surface area contributed by atoms with Gasteiger partial charge in [-0.3, -0.25) is 9.36 Å². The molecule has 0 bridgehead atoms. The van der Waals surface area contributed by atoms with Gasteiger partial charge in [-0.05, 0) is 70.7 Å². The van der Waals surface area contributed by atoms with Crippen molar-refractivity contribution in [3.63, 3.8) is 0 Å². The molecule has 2 aliphatic rings. The minimum atomic E-state index is -0.321. The fourth-order valence-corrected chi connectivity index (χ4v) is 7.86. The number of ether oxygens (including phenoxy) is 2. The monoisotopic (exact) mass is 684 g/mol. The van der Waals surface area contributed by atoms with Crippen molar-refractivity contribution in [1.29, 1.82) is 0 Å². The van der Waals surface area contributed by atoms with Crippen LogP contribution in [0.2, 0.25) is 0 Å². The molecule has 1 atom stereocenters. The number of hydrogen-bond acceptors (Lipinski definition) is 5. The number of nitrogens with zero attached hydrogens (tertiary/aromatic N) is 2. The largest absolute Gasteiger partial charge is 0.496 e. The van der Waals surface area contributed by atoms with Crippen LogP contribution in [0.5, 0.6) is 11.5 Å². The molecule has 0 saturated carbocycles. The Morgan fingerprint density at radius 1 is 0.891 bits per heavy atom. The highest BCUT2D eigenvalue weighted by Crippen LogP contribution is 2.43. The Labute approximate surface area is 278 Å². The number of hydrogen-bond donors (Lipinski definition) is 0. The number of rotatable bonds is 6. The van der Waals surface area contributed by atoms with Gasteiger partial charge in [0.2, 0.25) is 0 Å². The summed E-state index contributed by atoms with van der Waals surface area (Å²) in [6, 6.07) is 36.5. The summed E-state index contributed by atoms with van der Waals surface area (Å²) in [4.78, 5) is 20.4. The number of fused-ring (bicyclic) bond motifs is 4. The second kappa shape index (κ2) is 11.9. The molecule has 0 amide bonds. The Bertz CT molecular complexity index is 2350. The third kappa shape index (κ3) is 5.00. The molecule has 6 aromatic rings. The highest BCUT2D eigenvalue weighted by Gasteiger charge is 2.34. The summed E-state index contributed by atoms with van der Waals surface area (Å²) in [6.07, 6.45) is 3.70. The van der Waals surface area contributed by atoms with Gasteiger partial charge in [-0.2, -0.15) is 0 Å². The van der Waals surface area contributed by atoms with Crippen molar-refractivity contribution >= 4 is 49.8 Å². The molecule has 226 valence electrons. The first-order chi connectivity index (χ1) is 22.6. The maximum atomic E-state index is 14.6. The molecule has 2 heterocycles. The van der Waals surface area contributed by atoms with Gasteiger partial charge in [0.05, 0.1) is 23.4 Å². The van der Waals surface area contributed by atoms with Gasteiger partial charge in [-0.25, -0.2) is 4.99 Å². The lowest BCUT2D eigenvalue weighted by Crippen LogP contribution is -2.39. The Morgan fingerprint density at radius 2 is 1.67 bits per heavy atom. The fourth-order valence-electron chi connectivity index (χ4n) is 6.61. The topological polar surface area (TPSA) is 52.8 Å². The highest BCUT2D eigenvalue weighted by molar-refractivity contribution is 9.10. The summed E-state index contributed by atoms with van der Waals surface area (Å²) in [7, 11) is 1.68. The molecule has 0 N–H and O–H groups in total. The summed E-state index contributed by atoms with van der Waals surface area (Å²) in [5, 5.41) is 2.10. The Hall–Kier alpha value is -4.72. The van der Waals surface area contributed by atoms with Gasteiger partial charge in [-0.1, -0.05) is 112 Å². The van der Waals surface area contributed by atoms with Crippen molar-refractivity contribution in [3.8, 4) is 11.5 Å². The van der Waals surface area contributed by atoms with Gasteiger partial charge in [0, 0.05) is 21.2 Å². The van der Waals surface area contributed by atoms with E-state index in [1.807, 2.05) is 71.3 Å². The first-order valence-electron chi connectivity index (χ1n) is 15.2. The lowest BCUT2D eigenvalue weighted by atomic mass is 9.83. The van der Waals surface area contributed by atoms with Crippen LogP contribution in [-0.2, 0) is 13.0 Å². The van der Waals surface area contributed by atoms with Crippen molar-refractivity contribution < 1.29 is 9.47 Å². The number of allylic oxidation sites excluding steroid dienone is 1. The first kappa shape index (κ1) is 28.7. The van der Waals surface area contributed by atoms with E-state index in [9.17, 15) is 4.79 Å². The van der Waals surface area contributed by atoms with Gasteiger partial charge in [0.15, 0.2) is 4.80 Å². The molecular weight excluding hydrogens is 656 g/mol. The molecule has 0 unspecified atom stereocenters. The van der Waals surface area contributed by atoms with Crippen LogP contribution in [0.1, 0.15) is 40.3 Å². The van der Waals surface area contributed by atoms with Crippen molar-refractivity contribution in [1.82, 2.24) is 4.57 Å². The van der Waals surface area contributed by atoms with E-state index in [0.29, 0.717) is 15.9 Å². The summed E-state index contributed by atoms with van der Waals surface area (Å²) in [6.45, 7) is 0.410. The zero-order chi connectivity index (χ0) is 31.2. The molecule has 7 heteroatoms. The molecule has 8 rings (SSSR count). The lowest BCUT2D eigenvalue weighted by molar-refractivity contribution is 0.306. The maximum Gasteiger partial charge on any atom is 0.271 e. The molecule has 46 heavy (non-hydrogen) atoms. The van der Waals surface area contributed by atoms with E-state index in [1.54, 1.807) is 7.11 Å². The molecule has 0 saturated heterocycles. The SMILES string of the molecule is COc1ccccc1[C@H]1C2=C(N=c3s/c(=C/c4c(OCc5ccc(Br)cc5)ccc5ccccc45)c(=O)n31)c1ccccc1CC2. The molecule has 0 spiro atoms. The van der Waals surface area contributed by atoms with E-state index in [1.165, 1.54) is 16.9 Å². The quantitative estimate of drug-likeness (QED) is 0.180. The second-order valence-corrected chi connectivity index (χ2v) is 13.4. The number of halogens is 1. The van der Waals surface area contributed by atoms with Crippen molar-refractivity contribution in [2.75, 3.05) is 7.11 Å². The molecule has 1 aromatic heterocycles. The van der Waals surface area contributed by atoms with Crippen LogP contribution in [0.3, 0.4) is 0 Å². The standard InChI is InChI=1S/C39H29BrN2O3S/c1-44-33-13-7-6-12-30(33)37-31-20-16-26-9-3-5-11-29(26)36(31)41-39-42(37)38(43)35(46-39)22-32-28-10-4-2-8-25(28)17-21-34(32)45-23-24-14-18-27(40)19-15-24/h2-15,17-19,21-22,37H,16,20,23H2,1H3/b35-22+/t37-/m0/s1. The van der Waals surface area contributed by atoms with Gasteiger partial charge in [-0.15, -0.1) is 0 Å². The van der Waals surface area contributed by atoms with Crippen molar-refractivity contribution in [2.45, 2.75) is 25.5 Å². The number of aromatic nitrogens is 1. The second-order valence-electron chi connectivity index (χ2n) is 11.5. The first-order valence-corrected chi connectivity index (χ1v) is 16.8. The summed E-state index contributed by atoms with van der Waals surface area (Å²) >= 11 is 4.93. The van der Waals surface area contributed by atoms with E-state index >= 15 is 0 Å². The summed E-state index contributed by atoms with van der Waals surface area (Å²) in [5.74, 6) is 1.48. The zero-order valence-electron chi connectivity index (χ0n) is 25.1. The smallest absolute Gasteiger partial charge is 0.271 e. The highest BCUT2D eigenvalue weighted by atomic mass is 79.9. The van der Waals surface area contributed by atoms with Gasteiger partial charge in [0.1, 0.15) is 18.1 Å². The fraction of sp³-hybridized carbons (Fsp3) is 0.128. The average Bonchev–Trinajstić information content (AvgIpc) is 3.41. The summed E-state index contributed by atoms with van der Waals surface area (Å²) in [5.41, 5.74) is 7.36. The third-order valence-electron chi connectivity index (χ3n) is 8.82. The molecule has 1 aliphatic heterocycles. The number of thiazole rings is 1. The van der Waals surface area contributed by atoms with Crippen LogP contribution in [0, 0.1) is 0 Å². The van der Waals surface area contributed by atoms with E-state index in [2.05, 4.69) is 64.5 Å². The Balaban J connectivity index is 1.33. The van der Waals surface area contributed by atoms with Crippen molar-refractivity contribution in [3.05, 3.63) is 167 Å². The van der Waals surface area contributed by atoms with Gasteiger partial charge >= 0.3 is 0 Å². The van der Waals surface area contributed by atoms with E-state index in [4.69, 9.17) is 14.5 Å². The van der Waals surface area contributed by atoms with E-state index in [0.717, 1.165) is 73.1 Å². The number of methoxy groups -OCH3 is 1. The van der Waals surface area contributed by atoms with E-state index < -0.39 is 0 Å². The number of aryl methyl sites for hydroxylation is 1. The predicted octanol–water partition coefficient (Wildman–Crippen LogP) is 7.82. The predicted molar refractivity (Wildman–Crippen MR) is 188 cm³/mol. The molecule has 0 radical (unpaired) electrons. The maximum absolute atomic E-state index is 14.6. The van der Waals surface area contributed by atoms with Crippen LogP contribution >= 0.6 is 27.3 Å². The molecule has 0 fully saturated rings.